The number of carbonyl (C=O) groups is 2. The van der Waals surface area contributed by atoms with Gasteiger partial charge in [-0.2, -0.15) is 0 Å². The lowest BCUT2D eigenvalue weighted by Crippen LogP contribution is -2.32. The number of benzene rings is 1. The smallest absolute Gasteiger partial charge is 0.295 e. The van der Waals surface area contributed by atoms with Gasteiger partial charge < -0.3 is 19.6 Å². The molecule has 1 saturated heterocycles. The molecule has 0 bridgehead atoms. The number of hydrogen-bond acceptors (Lipinski definition) is 6. The van der Waals surface area contributed by atoms with E-state index in [1.165, 1.54) is 17.3 Å². The molecule has 0 saturated carbocycles. The molecule has 0 unspecified atom stereocenters. The molecule has 1 atom stereocenters. The number of rotatable bonds is 7. The molecular weight excluding hydrogens is 370 g/mol. The highest BCUT2D eigenvalue weighted by Gasteiger charge is 2.46. The first-order chi connectivity index (χ1) is 14.0. The van der Waals surface area contributed by atoms with E-state index in [0.29, 0.717) is 29.8 Å². The molecule has 1 fully saturated rings. The Bertz CT molecular complexity index is 925. The van der Waals surface area contributed by atoms with Gasteiger partial charge in [-0.1, -0.05) is 18.2 Å². The predicted molar refractivity (Wildman–Crippen MR) is 109 cm³/mol. The molecule has 1 amide bonds. The van der Waals surface area contributed by atoms with Crippen LogP contribution in [-0.2, 0) is 9.59 Å². The van der Waals surface area contributed by atoms with Gasteiger partial charge in [-0.05, 0) is 45.3 Å². The van der Waals surface area contributed by atoms with Crippen LogP contribution in [0.5, 0.6) is 5.75 Å². The largest absolute Gasteiger partial charge is 0.507 e. The van der Waals surface area contributed by atoms with E-state index in [1.54, 1.807) is 25.3 Å². The molecule has 152 valence electrons. The summed E-state index contributed by atoms with van der Waals surface area (Å²) in [7, 11) is 5.45. The van der Waals surface area contributed by atoms with Crippen LogP contribution in [0.3, 0.4) is 0 Å². The average Bonchev–Trinajstić information content (AvgIpc) is 2.98. The Labute approximate surface area is 170 Å². The summed E-state index contributed by atoms with van der Waals surface area (Å²) in [6.45, 7) is 1.16. The molecule has 2 heterocycles. The minimum atomic E-state index is -0.721. The van der Waals surface area contributed by atoms with Crippen LogP contribution in [0.2, 0.25) is 0 Å². The molecule has 29 heavy (non-hydrogen) atoms. The summed E-state index contributed by atoms with van der Waals surface area (Å²) in [6.07, 6.45) is 3.75. The van der Waals surface area contributed by atoms with Gasteiger partial charge in [0.05, 0.1) is 18.7 Å². The van der Waals surface area contributed by atoms with E-state index in [1.807, 2.05) is 37.2 Å². The third-order valence-electron chi connectivity index (χ3n) is 4.93. The summed E-state index contributed by atoms with van der Waals surface area (Å²) < 4.78 is 5.48. The van der Waals surface area contributed by atoms with Crippen LogP contribution in [0.25, 0.3) is 5.76 Å². The Hall–Kier alpha value is -3.19. The van der Waals surface area contributed by atoms with Crippen LogP contribution < -0.4 is 4.74 Å². The van der Waals surface area contributed by atoms with Crippen LogP contribution >= 0.6 is 0 Å². The van der Waals surface area contributed by atoms with E-state index in [4.69, 9.17) is 4.74 Å². The molecular formula is C22H25N3O4. The van der Waals surface area contributed by atoms with E-state index < -0.39 is 17.7 Å². The van der Waals surface area contributed by atoms with Gasteiger partial charge >= 0.3 is 0 Å². The minimum Gasteiger partial charge on any atom is -0.507 e. The molecule has 1 aliphatic heterocycles. The molecule has 1 aromatic heterocycles. The van der Waals surface area contributed by atoms with Gasteiger partial charge in [0.25, 0.3) is 11.7 Å². The number of nitrogens with zero attached hydrogens (tertiary/aromatic N) is 3. The Balaban J connectivity index is 2.13. The number of pyridine rings is 1. The van der Waals surface area contributed by atoms with Crippen molar-refractivity contribution in [1.82, 2.24) is 14.8 Å². The van der Waals surface area contributed by atoms with Crippen molar-refractivity contribution in [3.05, 3.63) is 65.5 Å². The number of aliphatic hydroxyl groups excluding tert-OH is 1. The third kappa shape index (κ3) is 4.14. The highest BCUT2D eigenvalue weighted by molar-refractivity contribution is 6.46. The van der Waals surface area contributed by atoms with Gasteiger partial charge in [0, 0.05) is 30.1 Å². The van der Waals surface area contributed by atoms with Gasteiger partial charge in [0.15, 0.2) is 0 Å². The van der Waals surface area contributed by atoms with Crippen molar-refractivity contribution < 1.29 is 19.4 Å². The third-order valence-corrected chi connectivity index (χ3v) is 4.93. The summed E-state index contributed by atoms with van der Waals surface area (Å²) >= 11 is 0. The van der Waals surface area contributed by atoms with Crippen molar-refractivity contribution in [2.24, 2.45) is 0 Å². The fraction of sp³-hybridized carbons (Fsp3) is 0.318. The van der Waals surface area contributed by atoms with E-state index in [2.05, 4.69) is 4.98 Å². The zero-order valence-corrected chi connectivity index (χ0v) is 16.8. The monoisotopic (exact) mass is 395 g/mol. The molecule has 3 rings (SSSR count). The highest BCUT2D eigenvalue weighted by atomic mass is 16.5. The molecule has 1 N–H and O–H groups in total. The molecule has 2 aromatic rings. The Kier molecular flexibility index (Phi) is 6.29. The van der Waals surface area contributed by atoms with Crippen molar-refractivity contribution in [3.8, 4) is 5.75 Å². The predicted octanol–water partition coefficient (Wildman–Crippen LogP) is 2.46. The summed E-state index contributed by atoms with van der Waals surface area (Å²) in [5, 5.41) is 10.9. The lowest BCUT2D eigenvalue weighted by molar-refractivity contribution is -0.140. The number of ketones is 1. The number of ether oxygens (including phenoxy) is 1. The zero-order valence-electron chi connectivity index (χ0n) is 16.8. The summed E-state index contributed by atoms with van der Waals surface area (Å²) in [6, 6.07) is 9.73. The van der Waals surface area contributed by atoms with Crippen molar-refractivity contribution in [2.75, 3.05) is 34.3 Å². The van der Waals surface area contributed by atoms with Gasteiger partial charge in [0.1, 0.15) is 11.5 Å². The van der Waals surface area contributed by atoms with Gasteiger partial charge in [0.2, 0.25) is 0 Å². The first-order valence-electron chi connectivity index (χ1n) is 9.42. The number of Topliss-reactive ketones (excluding diaryl/α,β-unsaturated/α-hetero) is 1. The number of hydrogen-bond donors (Lipinski definition) is 1. The van der Waals surface area contributed by atoms with Crippen LogP contribution in [0.4, 0.5) is 0 Å². The van der Waals surface area contributed by atoms with Gasteiger partial charge in [-0.15, -0.1) is 0 Å². The number of para-hydroxylation sites is 1. The van der Waals surface area contributed by atoms with E-state index in [0.717, 1.165) is 6.54 Å². The molecule has 0 spiro atoms. The Morgan fingerprint density at radius 1 is 1.17 bits per heavy atom. The SMILES string of the molecule is COc1ccccc1[C@@H]1C(=C(O)c2ccncc2)C(=O)C(=O)N1CCCN(C)C. The van der Waals surface area contributed by atoms with Gasteiger partial charge in [-0.25, -0.2) is 0 Å². The lowest BCUT2D eigenvalue weighted by Gasteiger charge is -2.27. The van der Waals surface area contributed by atoms with Crippen molar-refractivity contribution in [1.29, 1.82) is 0 Å². The number of aliphatic hydroxyl groups is 1. The first-order valence-corrected chi connectivity index (χ1v) is 9.42. The van der Waals surface area contributed by atoms with Crippen LogP contribution in [0.1, 0.15) is 23.6 Å². The van der Waals surface area contributed by atoms with E-state index >= 15 is 0 Å². The highest BCUT2D eigenvalue weighted by Crippen LogP contribution is 2.42. The van der Waals surface area contributed by atoms with Crippen LogP contribution in [0, 0.1) is 0 Å². The molecule has 1 aromatic carbocycles. The molecule has 0 aliphatic carbocycles. The van der Waals surface area contributed by atoms with E-state index in [9.17, 15) is 14.7 Å². The molecule has 7 nitrogen and oxygen atoms in total. The zero-order chi connectivity index (χ0) is 21.0. The maximum Gasteiger partial charge on any atom is 0.295 e. The molecule has 1 aliphatic rings. The van der Waals surface area contributed by atoms with E-state index in [-0.39, 0.29) is 11.3 Å². The fourth-order valence-electron chi connectivity index (χ4n) is 3.55. The second kappa shape index (κ2) is 8.87. The number of amides is 1. The van der Waals surface area contributed by atoms with Crippen molar-refractivity contribution in [3.63, 3.8) is 0 Å². The summed E-state index contributed by atoms with van der Waals surface area (Å²) in [4.78, 5) is 33.3. The Morgan fingerprint density at radius 2 is 1.86 bits per heavy atom. The minimum absolute atomic E-state index is 0.0653. The second-order valence-electron chi connectivity index (χ2n) is 7.13. The lowest BCUT2D eigenvalue weighted by atomic mass is 9.95. The first kappa shape index (κ1) is 20.5. The molecule has 0 radical (unpaired) electrons. The number of methoxy groups -OCH3 is 1. The number of aromatic nitrogens is 1. The summed E-state index contributed by atoms with van der Waals surface area (Å²) in [5.41, 5.74) is 1.16. The summed E-state index contributed by atoms with van der Waals surface area (Å²) in [5.74, 6) is -0.968. The number of likely N-dealkylation sites (tertiary alicyclic amines) is 1. The normalized spacial score (nSPS) is 18.5. The maximum absolute atomic E-state index is 12.9. The topological polar surface area (TPSA) is 83.0 Å². The molecule has 7 heteroatoms. The standard InChI is InChI=1S/C22H25N3O4/c1-24(2)13-6-14-25-19(16-7-4-5-8-17(16)29-3)18(21(27)22(25)28)20(26)15-9-11-23-12-10-15/h4-5,7-12,19,26H,6,13-14H2,1-3H3/t19-/m1/s1. The second-order valence-corrected chi connectivity index (χ2v) is 7.13. The maximum atomic E-state index is 12.9. The van der Waals surface area contributed by atoms with Crippen LogP contribution in [0.15, 0.2) is 54.4 Å². The van der Waals surface area contributed by atoms with Gasteiger partial charge in [-0.3, -0.25) is 14.6 Å². The van der Waals surface area contributed by atoms with Crippen LogP contribution in [-0.4, -0.2) is 65.9 Å². The van der Waals surface area contributed by atoms with Crippen molar-refractivity contribution >= 4 is 17.4 Å². The fourth-order valence-corrected chi connectivity index (χ4v) is 3.55. The number of carbonyl (C=O) groups excluding carboxylic acids is 2. The van der Waals surface area contributed by atoms with Crippen molar-refractivity contribution in [2.45, 2.75) is 12.5 Å². The average molecular weight is 395 g/mol. The Morgan fingerprint density at radius 3 is 2.52 bits per heavy atom. The quantitative estimate of drug-likeness (QED) is 0.441.